The molecule has 0 aliphatic heterocycles. The highest BCUT2D eigenvalue weighted by Crippen LogP contribution is 2.25. The Kier molecular flexibility index (Phi) is 2.97. The molecule has 5 heteroatoms. The van der Waals surface area contributed by atoms with Gasteiger partial charge >= 0.3 is 0 Å². The van der Waals surface area contributed by atoms with Gasteiger partial charge in [-0.05, 0) is 42.5 Å². The van der Waals surface area contributed by atoms with Crippen molar-refractivity contribution in [3.63, 3.8) is 0 Å². The van der Waals surface area contributed by atoms with Gasteiger partial charge < -0.3 is 9.73 Å². The molecular weight excluding hydrogens is 316 g/mol. The Morgan fingerprint density at radius 1 is 1.11 bits per heavy atom. The lowest BCUT2D eigenvalue weighted by Gasteiger charge is -2.00. The summed E-state index contributed by atoms with van der Waals surface area (Å²) in [6, 6.07) is 13.6. The molecule has 0 radical (unpaired) electrons. The van der Waals surface area contributed by atoms with Crippen molar-refractivity contribution in [2.24, 2.45) is 0 Å². The van der Waals surface area contributed by atoms with E-state index >= 15 is 0 Å². The first-order chi connectivity index (χ1) is 8.70. The van der Waals surface area contributed by atoms with E-state index in [0.717, 1.165) is 15.7 Å². The van der Waals surface area contributed by atoms with E-state index in [0.29, 0.717) is 16.6 Å². The quantitative estimate of drug-likeness (QED) is 0.722. The number of nitrogens with one attached hydrogen (secondary N) is 1. The Labute approximate surface area is 117 Å². The lowest BCUT2D eigenvalue weighted by Crippen LogP contribution is -1.89. The number of fused-ring (bicyclic) bond motifs is 1. The molecule has 0 saturated carbocycles. The number of nitrogens with zero attached hydrogens (tertiary/aromatic N) is 1. The lowest BCUT2D eigenvalue weighted by atomic mass is 10.3. The van der Waals surface area contributed by atoms with Crippen molar-refractivity contribution in [1.82, 2.24) is 4.98 Å². The number of rotatable bonds is 2. The van der Waals surface area contributed by atoms with E-state index in [1.165, 1.54) is 0 Å². The van der Waals surface area contributed by atoms with Crippen LogP contribution >= 0.6 is 27.5 Å². The summed E-state index contributed by atoms with van der Waals surface area (Å²) in [5.74, 6) is 0. The first-order valence-corrected chi connectivity index (χ1v) is 6.46. The average molecular weight is 324 g/mol. The van der Waals surface area contributed by atoms with Crippen LogP contribution in [0.4, 0.5) is 11.7 Å². The zero-order valence-electron chi connectivity index (χ0n) is 9.15. The van der Waals surface area contributed by atoms with Crippen molar-refractivity contribution in [2.45, 2.75) is 0 Å². The predicted octanol–water partition coefficient (Wildman–Crippen LogP) is 4.99. The van der Waals surface area contributed by atoms with E-state index in [9.17, 15) is 0 Å². The molecule has 1 heterocycles. The number of hydrogen-bond acceptors (Lipinski definition) is 3. The van der Waals surface area contributed by atoms with Gasteiger partial charge in [0.15, 0.2) is 5.58 Å². The van der Waals surface area contributed by atoms with E-state index in [2.05, 4.69) is 26.2 Å². The fourth-order valence-corrected chi connectivity index (χ4v) is 2.04. The summed E-state index contributed by atoms with van der Waals surface area (Å²) in [4.78, 5) is 4.32. The van der Waals surface area contributed by atoms with Gasteiger partial charge in [-0.1, -0.05) is 27.5 Å². The van der Waals surface area contributed by atoms with Gasteiger partial charge in [0.25, 0.3) is 6.01 Å². The van der Waals surface area contributed by atoms with Gasteiger partial charge in [-0.25, -0.2) is 0 Å². The van der Waals surface area contributed by atoms with Crippen molar-refractivity contribution in [3.8, 4) is 0 Å². The summed E-state index contributed by atoms with van der Waals surface area (Å²) in [6.45, 7) is 0. The molecule has 0 atom stereocenters. The average Bonchev–Trinajstić information content (AvgIpc) is 2.73. The second kappa shape index (κ2) is 4.63. The summed E-state index contributed by atoms with van der Waals surface area (Å²) in [6.07, 6.45) is 0. The maximum absolute atomic E-state index is 5.90. The Morgan fingerprint density at radius 2 is 1.89 bits per heavy atom. The third kappa shape index (κ3) is 2.35. The van der Waals surface area contributed by atoms with Crippen molar-refractivity contribution in [2.75, 3.05) is 5.32 Å². The largest absolute Gasteiger partial charge is 0.423 e. The third-order valence-corrected chi connectivity index (χ3v) is 3.21. The van der Waals surface area contributed by atoms with Gasteiger partial charge in [-0.2, -0.15) is 4.98 Å². The molecular formula is C13H8BrClN2O. The molecule has 0 bridgehead atoms. The molecule has 1 N–H and O–H groups in total. The maximum atomic E-state index is 5.90. The first-order valence-electron chi connectivity index (χ1n) is 5.29. The minimum atomic E-state index is 0.453. The summed E-state index contributed by atoms with van der Waals surface area (Å²) >= 11 is 9.28. The Morgan fingerprint density at radius 3 is 2.67 bits per heavy atom. The molecule has 0 aliphatic rings. The van der Waals surface area contributed by atoms with Gasteiger partial charge in [0.05, 0.1) is 0 Å². The molecule has 0 fully saturated rings. The van der Waals surface area contributed by atoms with Crippen molar-refractivity contribution in [1.29, 1.82) is 0 Å². The van der Waals surface area contributed by atoms with Crippen molar-refractivity contribution >= 4 is 50.3 Å². The van der Waals surface area contributed by atoms with E-state index in [1.807, 2.05) is 24.3 Å². The predicted molar refractivity (Wildman–Crippen MR) is 76.4 cm³/mol. The van der Waals surface area contributed by atoms with Crippen LogP contribution in [0, 0.1) is 0 Å². The summed E-state index contributed by atoms with van der Waals surface area (Å²) in [5.41, 5.74) is 2.36. The Balaban J connectivity index is 1.92. The monoisotopic (exact) mass is 322 g/mol. The summed E-state index contributed by atoms with van der Waals surface area (Å²) in [7, 11) is 0. The normalized spacial score (nSPS) is 10.8. The Bertz CT molecular complexity index is 694. The minimum Gasteiger partial charge on any atom is -0.423 e. The Hall–Kier alpha value is -1.52. The van der Waals surface area contributed by atoms with Crippen LogP contribution in [-0.2, 0) is 0 Å². The van der Waals surface area contributed by atoms with Crippen LogP contribution in [0.2, 0.25) is 5.02 Å². The summed E-state index contributed by atoms with van der Waals surface area (Å²) in [5, 5.41) is 3.74. The number of halogens is 2. The molecule has 3 rings (SSSR count). The van der Waals surface area contributed by atoms with Crippen LogP contribution in [0.3, 0.4) is 0 Å². The van der Waals surface area contributed by atoms with Gasteiger partial charge in [-0.15, -0.1) is 0 Å². The second-order valence-corrected chi connectivity index (χ2v) is 5.12. The van der Waals surface area contributed by atoms with Gasteiger partial charge in [0.1, 0.15) is 5.52 Å². The SMILES string of the molecule is Clc1ccc2oc(Nc3ccc(Br)cc3)nc2c1. The lowest BCUT2D eigenvalue weighted by molar-refractivity contribution is 0.623. The van der Waals surface area contributed by atoms with Crippen LogP contribution in [0.5, 0.6) is 0 Å². The molecule has 0 unspecified atom stereocenters. The number of oxazole rings is 1. The van der Waals surface area contributed by atoms with Crippen LogP contribution in [0.25, 0.3) is 11.1 Å². The van der Waals surface area contributed by atoms with Crippen LogP contribution in [-0.4, -0.2) is 4.98 Å². The molecule has 1 aromatic heterocycles. The standard InChI is InChI=1S/C13H8BrClN2O/c14-8-1-4-10(5-2-8)16-13-17-11-7-9(15)3-6-12(11)18-13/h1-7H,(H,16,17). The second-order valence-electron chi connectivity index (χ2n) is 3.76. The molecule has 3 aromatic rings. The number of aromatic nitrogens is 1. The fourth-order valence-electron chi connectivity index (χ4n) is 1.61. The van der Waals surface area contributed by atoms with Crippen molar-refractivity contribution in [3.05, 3.63) is 52.0 Å². The van der Waals surface area contributed by atoms with E-state index in [1.54, 1.807) is 18.2 Å². The molecule has 3 nitrogen and oxygen atoms in total. The fraction of sp³-hybridized carbons (Fsp3) is 0. The molecule has 0 spiro atoms. The zero-order valence-corrected chi connectivity index (χ0v) is 11.5. The number of benzene rings is 2. The molecule has 0 amide bonds. The number of hydrogen-bond donors (Lipinski definition) is 1. The highest BCUT2D eigenvalue weighted by Gasteiger charge is 2.06. The smallest absolute Gasteiger partial charge is 0.300 e. The molecule has 0 aliphatic carbocycles. The van der Waals surface area contributed by atoms with Gasteiger partial charge in [0.2, 0.25) is 0 Å². The first kappa shape index (κ1) is 11.6. The van der Waals surface area contributed by atoms with E-state index in [-0.39, 0.29) is 0 Å². The molecule has 2 aromatic carbocycles. The van der Waals surface area contributed by atoms with Crippen LogP contribution in [0.1, 0.15) is 0 Å². The van der Waals surface area contributed by atoms with Gasteiger partial charge in [0, 0.05) is 15.2 Å². The zero-order chi connectivity index (χ0) is 12.5. The molecule has 18 heavy (non-hydrogen) atoms. The van der Waals surface area contributed by atoms with E-state index in [4.69, 9.17) is 16.0 Å². The van der Waals surface area contributed by atoms with Crippen LogP contribution in [0.15, 0.2) is 51.4 Å². The minimum absolute atomic E-state index is 0.453. The topological polar surface area (TPSA) is 38.1 Å². The highest BCUT2D eigenvalue weighted by atomic mass is 79.9. The van der Waals surface area contributed by atoms with Crippen molar-refractivity contribution < 1.29 is 4.42 Å². The third-order valence-electron chi connectivity index (χ3n) is 2.45. The highest BCUT2D eigenvalue weighted by molar-refractivity contribution is 9.10. The summed E-state index contributed by atoms with van der Waals surface area (Å²) < 4.78 is 6.59. The number of anilines is 2. The van der Waals surface area contributed by atoms with E-state index < -0.39 is 0 Å². The molecule has 90 valence electrons. The van der Waals surface area contributed by atoms with Gasteiger partial charge in [-0.3, -0.25) is 0 Å². The van der Waals surface area contributed by atoms with Crippen LogP contribution < -0.4 is 5.32 Å². The maximum Gasteiger partial charge on any atom is 0.300 e. The molecule has 0 saturated heterocycles.